The Hall–Kier alpha value is -1.85. The largest absolute Gasteiger partial charge is 0.368 e. The maximum atomic E-state index is 5.53. The third kappa shape index (κ3) is 2.21. The van der Waals surface area contributed by atoms with Crippen molar-refractivity contribution in [3.8, 4) is 0 Å². The molecule has 6 heteroatoms. The number of nitrogens with two attached hydrogens (primary N) is 2. The highest BCUT2D eigenvalue weighted by Gasteiger charge is 2.19. The van der Waals surface area contributed by atoms with Crippen molar-refractivity contribution < 1.29 is 0 Å². The third-order valence-electron chi connectivity index (χ3n) is 2.81. The Morgan fingerprint density at radius 1 is 1.12 bits per heavy atom. The van der Waals surface area contributed by atoms with Gasteiger partial charge in [-0.1, -0.05) is 6.08 Å². The van der Waals surface area contributed by atoms with E-state index in [1.165, 1.54) is 0 Å². The number of anilines is 3. The van der Waals surface area contributed by atoms with Gasteiger partial charge in [0.15, 0.2) is 0 Å². The minimum absolute atomic E-state index is 0.174. The van der Waals surface area contributed by atoms with E-state index in [-0.39, 0.29) is 11.9 Å². The summed E-state index contributed by atoms with van der Waals surface area (Å²) in [6, 6.07) is 0. The topological polar surface area (TPSA) is 94.0 Å². The Labute approximate surface area is 94.4 Å². The van der Waals surface area contributed by atoms with Gasteiger partial charge in [0, 0.05) is 13.1 Å². The second-order valence-corrected chi connectivity index (χ2v) is 3.91. The van der Waals surface area contributed by atoms with E-state index < -0.39 is 0 Å². The fourth-order valence-corrected chi connectivity index (χ4v) is 1.87. The molecule has 86 valence electrons. The fraction of sp³-hybridized carbons (Fsp3) is 0.500. The number of nitrogens with zero attached hydrogens (tertiary/aromatic N) is 4. The summed E-state index contributed by atoms with van der Waals surface area (Å²) in [6.45, 7) is 5.62. The predicted octanol–water partition coefficient (Wildman–Crippen LogP) is 0.438. The zero-order valence-corrected chi connectivity index (χ0v) is 9.13. The molecule has 1 saturated heterocycles. The number of allylic oxidation sites excluding steroid dienone is 1. The van der Waals surface area contributed by atoms with Crippen LogP contribution in [-0.4, -0.2) is 28.0 Å². The fourth-order valence-electron chi connectivity index (χ4n) is 1.87. The van der Waals surface area contributed by atoms with E-state index in [1.54, 1.807) is 0 Å². The highest BCUT2D eigenvalue weighted by atomic mass is 15.3. The van der Waals surface area contributed by atoms with Crippen LogP contribution >= 0.6 is 0 Å². The van der Waals surface area contributed by atoms with E-state index in [2.05, 4.69) is 26.4 Å². The summed E-state index contributed by atoms with van der Waals surface area (Å²) in [4.78, 5) is 14.0. The van der Waals surface area contributed by atoms with Crippen LogP contribution in [0.3, 0.4) is 0 Å². The van der Waals surface area contributed by atoms with E-state index >= 15 is 0 Å². The standard InChI is InChI=1S/C10H16N6/c1-2-7-3-5-16(6-4-7)10-14-8(11)13-9(12)15-10/h2,7H,1,3-6H2,(H4,11,12,13,14,15). The molecule has 1 aromatic heterocycles. The predicted molar refractivity (Wildman–Crippen MR) is 63.8 cm³/mol. The number of hydrogen-bond donors (Lipinski definition) is 2. The van der Waals surface area contributed by atoms with Crippen molar-refractivity contribution in [3.05, 3.63) is 12.7 Å². The van der Waals surface area contributed by atoms with Gasteiger partial charge in [0.05, 0.1) is 0 Å². The molecule has 6 nitrogen and oxygen atoms in total. The number of aromatic nitrogens is 3. The molecule has 2 rings (SSSR count). The Morgan fingerprint density at radius 2 is 1.69 bits per heavy atom. The molecular formula is C10H16N6. The van der Waals surface area contributed by atoms with Crippen LogP contribution in [0, 0.1) is 5.92 Å². The lowest BCUT2D eigenvalue weighted by molar-refractivity contribution is 0.474. The smallest absolute Gasteiger partial charge is 0.231 e. The molecule has 0 bridgehead atoms. The highest BCUT2D eigenvalue weighted by molar-refractivity contribution is 5.40. The van der Waals surface area contributed by atoms with Gasteiger partial charge < -0.3 is 16.4 Å². The minimum Gasteiger partial charge on any atom is -0.368 e. The normalized spacial score (nSPS) is 17.4. The van der Waals surface area contributed by atoms with Crippen LogP contribution in [0.5, 0.6) is 0 Å². The number of piperidine rings is 1. The second kappa shape index (κ2) is 4.34. The quantitative estimate of drug-likeness (QED) is 0.702. The zero-order chi connectivity index (χ0) is 11.5. The Balaban J connectivity index is 2.10. The van der Waals surface area contributed by atoms with Crippen LogP contribution in [0.1, 0.15) is 12.8 Å². The molecule has 1 aliphatic rings. The summed E-state index contributed by atoms with van der Waals surface area (Å²) in [7, 11) is 0. The van der Waals surface area contributed by atoms with Gasteiger partial charge in [-0.2, -0.15) is 15.0 Å². The van der Waals surface area contributed by atoms with Crippen LogP contribution in [0.15, 0.2) is 12.7 Å². The molecule has 1 aromatic rings. The van der Waals surface area contributed by atoms with Crippen molar-refractivity contribution in [3.63, 3.8) is 0 Å². The first-order valence-corrected chi connectivity index (χ1v) is 5.33. The first-order chi connectivity index (χ1) is 7.69. The summed E-state index contributed by atoms with van der Waals surface area (Å²) in [5.74, 6) is 1.52. The molecule has 2 heterocycles. The Morgan fingerprint density at radius 3 is 2.19 bits per heavy atom. The van der Waals surface area contributed by atoms with Gasteiger partial charge in [0.1, 0.15) is 0 Å². The third-order valence-corrected chi connectivity index (χ3v) is 2.81. The summed E-state index contributed by atoms with van der Waals surface area (Å²) in [5, 5.41) is 0. The molecule has 0 aliphatic carbocycles. The first-order valence-electron chi connectivity index (χ1n) is 5.33. The van der Waals surface area contributed by atoms with Crippen molar-refractivity contribution in [2.24, 2.45) is 5.92 Å². The van der Waals surface area contributed by atoms with Crippen molar-refractivity contribution in [1.82, 2.24) is 15.0 Å². The Bertz CT molecular complexity index is 363. The average Bonchev–Trinajstić information content (AvgIpc) is 2.28. The van der Waals surface area contributed by atoms with Gasteiger partial charge in [-0.25, -0.2) is 0 Å². The second-order valence-electron chi connectivity index (χ2n) is 3.91. The molecule has 0 spiro atoms. The molecule has 0 amide bonds. The van der Waals surface area contributed by atoms with Crippen molar-refractivity contribution in [1.29, 1.82) is 0 Å². The SMILES string of the molecule is C=CC1CCN(c2nc(N)nc(N)n2)CC1. The molecule has 4 N–H and O–H groups in total. The Kier molecular flexibility index (Phi) is 2.89. The monoisotopic (exact) mass is 220 g/mol. The number of rotatable bonds is 2. The first kappa shape index (κ1) is 10.7. The van der Waals surface area contributed by atoms with Crippen LogP contribution in [0.4, 0.5) is 17.8 Å². The number of hydrogen-bond acceptors (Lipinski definition) is 6. The van der Waals surface area contributed by atoms with E-state index in [9.17, 15) is 0 Å². The van der Waals surface area contributed by atoms with Crippen LogP contribution < -0.4 is 16.4 Å². The van der Waals surface area contributed by atoms with Gasteiger partial charge in [-0.3, -0.25) is 0 Å². The molecule has 0 saturated carbocycles. The van der Waals surface area contributed by atoms with Crippen molar-refractivity contribution in [2.45, 2.75) is 12.8 Å². The number of nitrogen functional groups attached to an aromatic ring is 2. The summed E-state index contributed by atoms with van der Waals surface area (Å²) in [6.07, 6.45) is 4.14. The molecule has 0 unspecified atom stereocenters. The van der Waals surface area contributed by atoms with Gasteiger partial charge >= 0.3 is 0 Å². The zero-order valence-electron chi connectivity index (χ0n) is 9.13. The lowest BCUT2D eigenvalue weighted by Gasteiger charge is -2.30. The molecule has 1 aliphatic heterocycles. The summed E-state index contributed by atoms with van der Waals surface area (Å²) < 4.78 is 0. The van der Waals surface area contributed by atoms with Gasteiger partial charge in [0.25, 0.3) is 0 Å². The van der Waals surface area contributed by atoms with Crippen LogP contribution in [0.2, 0.25) is 0 Å². The van der Waals surface area contributed by atoms with E-state index in [0.717, 1.165) is 25.9 Å². The lowest BCUT2D eigenvalue weighted by atomic mass is 9.97. The van der Waals surface area contributed by atoms with E-state index in [0.29, 0.717) is 11.9 Å². The lowest BCUT2D eigenvalue weighted by Crippen LogP contribution is -2.34. The van der Waals surface area contributed by atoms with Crippen LogP contribution in [-0.2, 0) is 0 Å². The average molecular weight is 220 g/mol. The molecule has 16 heavy (non-hydrogen) atoms. The minimum atomic E-state index is 0.174. The van der Waals surface area contributed by atoms with Crippen LogP contribution in [0.25, 0.3) is 0 Å². The van der Waals surface area contributed by atoms with Gasteiger partial charge in [-0.15, -0.1) is 6.58 Å². The summed E-state index contributed by atoms with van der Waals surface area (Å²) >= 11 is 0. The van der Waals surface area contributed by atoms with Gasteiger partial charge in [-0.05, 0) is 18.8 Å². The molecule has 1 fully saturated rings. The molecule has 0 aromatic carbocycles. The van der Waals surface area contributed by atoms with E-state index in [4.69, 9.17) is 11.5 Å². The molecule has 0 radical (unpaired) electrons. The molecular weight excluding hydrogens is 204 g/mol. The summed E-state index contributed by atoms with van der Waals surface area (Å²) in [5.41, 5.74) is 11.1. The maximum absolute atomic E-state index is 5.53. The van der Waals surface area contributed by atoms with E-state index in [1.807, 2.05) is 6.08 Å². The highest BCUT2D eigenvalue weighted by Crippen LogP contribution is 2.21. The maximum Gasteiger partial charge on any atom is 0.231 e. The van der Waals surface area contributed by atoms with Gasteiger partial charge in [0.2, 0.25) is 17.8 Å². The molecule has 0 atom stereocenters. The van der Waals surface area contributed by atoms with Crippen molar-refractivity contribution >= 4 is 17.8 Å². The van der Waals surface area contributed by atoms with Crippen molar-refractivity contribution in [2.75, 3.05) is 29.5 Å².